The number of aromatic nitrogens is 1. The molecular weight excluding hydrogens is 583 g/mol. The minimum absolute atomic E-state index is 0.933. The summed E-state index contributed by atoms with van der Waals surface area (Å²) in [6, 6.07) is 55.9. The molecule has 48 heavy (non-hydrogen) atoms. The van der Waals surface area contributed by atoms with Gasteiger partial charge in [-0.05, 0) is 96.9 Å². The zero-order chi connectivity index (χ0) is 31.1. The van der Waals surface area contributed by atoms with Crippen LogP contribution < -0.4 is 0 Å². The fourth-order valence-corrected chi connectivity index (χ4v) is 8.77. The zero-order valence-corrected chi connectivity index (χ0v) is 25.8. The van der Waals surface area contributed by atoms with Crippen molar-refractivity contribution in [3.8, 4) is 39.3 Å². The number of hydrogen-bond donors (Lipinski definition) is 0. The van der Waals surface area contributed by atoms with Crippen LogP contribution in [0.5, 0.6) is 0 Å². The number of rotatable bonds is 2. The number of para-hydroxylation sites is 1. The molecule has 0 fully saturated rings. The van der Waals surface area contributed by atoms with Crippen LogP contribution in [0, 0.1) is 0 Å². The Bertz CT molecular complexity index is 3100. The summed E-state index contributed by atoms with van der Waals surface area (Å²) < 4.78 is 8.96. The number of furan rings is 1. The van der Waals surface area contributed by atoms with Crippen molar-refractivity contribution in [1.29, 1.82) is 0 Å². The summed E-state index contributed by atoms with van der Waals surface area (Å²) in [5.74, 6) is 0.987. The van der Waals surface area contributed by atoms with Gasteiger partial charge in [0, 0.05) is 38.4 Å². The van der Waals surface area contributed by atoms with Crippen LogP contribution in [0.4, 0.5) is 0 Å². The van der Waals surface area contributed by atoms with Crippen LogP contribution in [-0.4, -0.2) is 4.57 Å². The van der Waals surface area contributed by atoms with E-state index in [-0.39, 0.29) is 0 Å². The minimum atomic E-state index is 0.933. The van der Waals surface area contributed by atoms with E-state index < -0.39 is 0 Å². The molecule has 1 aliphatic carbocycles. The lowest BCUT2D eigenvalue weighted by molar-refractivity contribution is 0.634. The third-order valence-corrected chi connectivity index (χ3v) is 10.8. The van der Waals surface area contributed by atoms with Crippen LogP contribution in [0.3, 0.4) is 0 Å². The molecule has 2 heterocycles. The van der Waals surface area contributed by atoms with Gasteiger partial charge in [-0.15, -0.1) is 0 Å². The monoisotopic (exact) mass is 607 g/mol. The maximum Gasteiger partial charge on any atom is 0.143 e. The lowest BCUT2D eigenvalue weighted by atomic mass is 9.94. The summed E-state index contributed by atoms with van der Waals surface area (Å²) in [4.78, 5) is 0. The van der Waals surface area contributed by atoms with Crippen LogP contribution in [0.2, 0.25) is 0 Å². The van der Waals surface area contributed by atoms with E-state index in [1.807, 2.05) is 0 Å². The largest absolute Gasteiger partial charge is 0.455 e. The standard InChI is InChI=1S/C46H25NO/c1-2-13-39-34(10-1)37-24-29(30-19-21-41-38(25-30)45-35-11-4-8-26-9-5-12-36(44(26)35)46(45)48-41)18-20-40(37)47(39)33-22-31-16-14-27-6-3-7-28-15-17-32(23-33)43(31)42(27)28/h1-25H. The van der Waals surface area contributed by atoms with Gasteiger partial charge < -0.3 is 8.98 Å². The van der Waals surface area contributed by atoms with E-state index in [2.05, 4.69) is 156 Å². The molecule has 0 aliphatic heterocycles. The molecule has 11 aromatic rings. The smallest absolute Gasteiger partial charge is 0.143 e. The lowest BCUT2D eigenvalue weighted by Crippen LogP contribution is -1.95. The fraction of sp³-hybridized carbons (Fsp3) is 0. The third kappa shape index (κ3) is 3.08. The van der Waals surface area contributed by atoms with Gasteiger partial charge in [0.05, 0.1) is 11.0 Å². The number of hydrogen-bond acceptors (Lipinski definition) is 1. The highest BCUT2D eigenvalue weighted by Crippen LogP contribution is 2.52. The maximum absolute atomic E-state index is 6.52. The first kappa shape index (κ1) is 24.8. The predicted octanol–water partition coefficient (Wildman–Crippen LogP) is 12.9. The first-order valence-electron chi connectivity index (χ1n) is 16.6. The van der Waals surface area contributed by atoms with Crippen molar-refractivity contribution in [2.75, 3.05) is 0 Å². The summed E-state index contributed by atoms with van der Waals surface area (Å²) in [6.07, 6.45) is 0. The maximum atomic E-state index is 6.52. The van der Waals surface area contributed by atoms with Crippen LogP contribution >= 0.6 is 0 Å². The second-order valence-corrected chi connectivity index (χ2v) is 13.3. The van der Waals surface area contributed by atoms with Gasteiger partial charge >= 0.3 is 0 Å². The predicted molar refractivity (Wildman–Crippen MR) is 202 cm³/mol. The van der Waals surface area contributed by atoms with Crippen molar-refractivity contribution in [1.82, 2.24) is 4.57 Å². The van der Waals surface area contributed by atoms with Gasteiger partial charge in [0.25, 0.3) is 0 Å². The molecule has 0 radical (unpaired) electrons. The number of fused-ring (bicyclic) bond motifs is 8. The zero-order valence-electron chi connectivity index (χ0n) is 25.8. The van der Waals surface area contributed by atoms with Gasteiger partial charge in [-0.3, -0.25) is 0 Å². The van der Waals surface area contributed by atoms with Crippen LogP contribution in [-0.2, 0) is 0 Å². The van der Waals surface area contributed by atoms with Gasteiger partial charge in [0.1, 0.15) is 11.3 Å². The molecular formula is C46H25NO. The summed E-state index contributed by atoms with van der Waals surface area (Å²) >= 11 is 0. The summed E-state index contributed by atoms with van der Waals surface area (Å²) in [6.45, 7) is 0. The summed E-state index contributed by atoms with van der Waals surface area (Å²) in [5, 5.41) is 14.1. The summed E-state index contributed by atoms with van der Waals surface area (Å²) in [7, 11) is 0. The van der Waals surface area contributed by atoms with Crippen molar-refractivity contribution in [3.63, 3.8) is 0 Å². The lowest BCUT2D eigenvalue weighted by Gasteiger charge is -2.14. The van der Waals surface area contributed by atoms with Crippen molar-refractivity contribution < 1.29 is 4.42 Å². The first-order chi connectivity index (χ1) is 23.8. The van der Waals surface area contributed by atoms with E-state index in [1.54, 1.807) is 0 Å². The Balaban J connectivity index is 1.06. The molecule has 0 unspecified atom stereocenters. The van der Waals surface area contributed by atoms with E-state index in [1.165, 1.54) is 104 Å². The Morgan fingerprint density at radius 3 is 1.79 bits per heavy atom. The van der Waals surface area contributed by atoms with Gasteiger partial charge in [-0.25, -0.2) is 0 Å². The first-order valence-corrected chi connectivity index (χ1v) is 16.6. The van der Waals surface area contributed by atoms with E-state index in [4.69, 9.17) is 4.42 Å². The molecule has 9 aromatic carbocycles. The highest BCUT2D eigenvalue weighted by Gasteiger charge is 2.27. The Hall–Kier alpha value is -6.38. The highest BCUT2D eigenvalue weighted by molar-refractivity contribution is 6.24. The molecule has 2 heteroatoms. The molecule has 0 spiro atoms. The highest BCUT2D eigenvalue weighted by atomic mass is 16.3. The topological polar surface area (TPSA) is 18.1 Å². The van der Waals surface area contributed by atoms with Crippen molar-refractivity contribution >= 4 is 75.9 Å². The molecule has 2 aromatic heterocycles. The van der Waals surface area contributed by atoms with E-state index in [0.717, 1.165) is 11.3 Å². The Labute approximate surface area is 275 Å². The minimum Gasteiger partial charge on any atom is -0.455 e. The average molecular weight is 608 g/mol. The fourth-order valence-electron chi connectivity index (χ4n) is 8.77. The molecule has 0 bridgehead atoms. The Kier molecular flexibility index (Phi) is 4.49. The second kappa shape index (κ2) is 8.70. The molecule has 0 saturated carbocycles. The molecule has 1 aliphatic rings. The molecule has 0 saturated heterocycles. The van der Waals surface area contributed by atoms with Crippen LogP contribution in [0.15, 0.2) is 156 Å². The summed E-state index contributed by atoms with van der Waals surface area (Å²) in [5.41, 5.74) is 10.6. The van der Waals surface area contributed by atoms with Crippen LogP contribution in [0.1, 0.15) is 0 Å². The van der Waals surface area contributed by atoms with E-state index >= 15 is 0 Å². The SMILES string of the molecule is c1cc2c3c(cccc3c1)-c1c-2oc2ccc(-c3ccc4c(c3)c3ccccc3n4-c3cc4ccc5cccc6ccc(c3)c4c56)cc12. The van der Waals surface area contributed by atoms with Gasteiger partial charge in [0.15, 0.2) is 0 Å². The van der Waals surface area contributed by atoms with Gasteiger partial charge in [-0.2, -0.15) is 0 Å². The average Bonchev–Trinajstić information content (AvgIpc) is 3.78. The molecule has 2 nitrogen and oxygen atoms in total. The van der Waals surface area contributed by atoms with E-state index in [0.29, 0.717) is 0 Å². The number of nitrogens with zero attached hydrogens (tertiary/aromatic N) is 1. The molecule has 220 valence electrons. The molecule has 0 atom stereocenters. The number of benzene rings is 9. The Morgan fingerprint density at radius 1 is 0.396 bits per heavy atom. The third-order valence-electron chi connectivity index (χ3n) is 10.8. The van der Waals surface area contributed by atoms with Gasteiger partial charge in [0.2, 0.25) is 0 Å². The van der Waals surface area contributed by atoms with Crippen molar-refractivity contribution in [3.05, 3.63) is 152 Å². The van der Waals surface area contributed by atoms with E-state index in [9.17, 15) is 0 Å². The van der Waals surface area contributed by atoms with Crippen molar-refractivity contribution in [2.24, 2.45) is 0 Å². The normalized spacial score (nSPS) is 12.6. The molecule has 0 N–H and O–H groups in total. The molecule has 12 rings (SSSR count). The van der Waals surface area contributed by atoms with Crippen LogP contribution in [0.25, 0.3) is 115 Å². The Morgan fingerprint density at radius 2 is 1.00 bits per heavy atom. The quantitative estimate of drug-likeness (QED) is 0.179. The van der Waals surface area contributed by atoms with Gasteiger partial charge in [-0.1, -0.05) is 109 Å². The second-order valence-electron chi connectivity index (χ2n) is 13.3. The molecule has 0 amide bonds. The van der Waals surface area contributed by atoms with Crippen molar-refractivity contribution in [2.45, 2.75) is 0 Å².